The van der Waals surface area contributed by atoms with Gasteiger partial charge in [0.05, 0.1) is 12.8 Å². The summed E-state index contributed by atoms with van der Waals surface area (Å²) in [5.74, 6) is 1.55. The molecule has 4 aromatic rings. The monoisotopic (exact) mass is 358 g/mol. The number of nitrogens with one attached hydrogen (secondary N) is 1. The highest BCUT2D eigenvalue weighted by molar-refractivity contribution is 5.94. The predicted octanol–water partition coefficient (Wildman–Crippen LogP) is 4.84. The molecule has 3 aromatic carbocycles. The van der Waals surface area contributed by atoms with E-state index >= 15 is 0 Å². The fraction of sp³-hybridized carbons (Fsp3) is 0.174. The van der Waals surface area contributed by atoms with E-state index < -0.39 is 0 Å². The third-order valence-electron chi connectivity index (χ3n) is 4.63. The van der Waals surface area contributed by atoms with Crippen LogP contribution in [0.5, 0.6) is 5.75 Å². The SMILES string of the molecule is COc1ccc(CCNCc2coc(-c3cccc4ccccc34)n2)cc1. The molecular formula is C23H22N2O2. The van der Waals surface area contributed by atoms with Gasteiger partial charge in [-0.05, 0) is 47.5 Å². The number of nitrogens with zero attached hydrogens (tertiary/aromatic N) is 1. The Labute approximate surface area is 158 Å². The second kappa shape index (κ2) is 8.06. The first-order valence-corrected chi connectivity index (χ1v) is 9.10. The first-order chi connectivity index (χ1) is 13.3. The maximum absolute atomic E-state index is 5.73. The summed E-state index contributed by atoms with van der Waals surface area (Å²) in [6, 6.07) is 22.6. The number of hydrogen-bond acceptors (Lipinski definition) is 4. The van der Waals surface area contributed by atoms with Crippen LogP contribution in [-0.2, 0) is 13.0 Å². The van der Waals surface area contributed by atoms with Gasteiger partial charge in [-0.25, -0.2) is 4.98 Å². The van der Waals surface area contributed by atoms with Crippen LogP contribution in [0.25, 0.3) is 22.2 Å². The molecule has 0 saturated heterocycles. The van der Waals surface area contributed by atoms with Crippen molar-refractivity contribution < 1.29 is 9.15 Å². The van der Waals surface area contributed by atoms with Crippen LogP contribution in [0.2, 0.25) is 0 Å². The van der Waals surface area contributed by atoms with Crippen molar-refractivity contribution in [2.75, 3.05) is 13.7 Å². The number of oxazole rings is 1. The Hall–Kier alpha value is -3.11. The molecule has 0 unspecified atom stereocenters. The van der Waals surface area contributed by atoms with Crippen molar-refractivity contribution in [3.63, 3.8) is 0 Å². The van der Waals surface area contributed by atoms with Crippen LogP contribution in [0.15, 0.2) is 77.4 Å². The zero-order valence-corrected chi connectivity index (χ0v) is 15.3. The maximum atomic E-state index is 5.73. The van der Waals surface area contributed by atoms with E-state index in [4.69, 9.17) is 9.15 Å². The number of methoxy groups -OCH3 is 1. The molecule has 1 aromatic heterocycles. The van der Waals surface area contributed by atoms with Gasteiger partial charge in [-0.1, -0.05) is 48.5 Å². The smallest absolute Gasteiger partial charge is 0.226 e. The molecular weight excluding hydrogens is 336 g/mol. The number of ether oxygens (including phenoxy) is 1. The van der Waals surface area contributed by atoms with Crippen molar-refractivity contribution in [2.45, 2.75) is 13.0 Å². The first-order valence-electron chi connectivity index (χ1n) is 9.10. The molecule has 0 aliphatic rings. The quantitative estimate of drug-likeness (QED) is 0.481. The Kier molecular flexibility index (Phi) is 5.17. The van der Waals surface area contributed by atoms with E-state index in [1.165, 1.54) is 10.9 Å². The molecule has 1 heterocycles. The Balaban J connectivity index is 1.36. The molecule has 4 heteroatoms. The molecule has 0 bridgehead atoms. The lowest BCUT2D eigenvalue weighted by Gasteiger charge is -2.04. The van der Waals surface area contributed by atoms with E-state index in [1.807, 2.05) is 30.3 Å². The van der Waals surface area contributed by atoms with Crippen molar-refractivity contribution in [2.24, 2.45) is 0 Å². The van der Waals surface area contributed by atoms with E-state index in [2.05, 4.69) is 46.7 Å². The van der Waals surface area contributed by atoms with Crippen LogP contribution in [0.1, 0.15) is 11.3 Å². The Bertz CT molecular complexity index is 1020. The third kappa shape index (κ3) is 4.01. The number of fused-ring (bicyclic) bond motifs is 1. The summed E-state index contributed by atoms with van der Waals surface area (Å²) in [5, 5.41) is 5.77. The number of aromatic nitrogens is 1. The lowest BCUT2D eigenvalue weighted by Crippen LogP contribution is -2.16. The van der Waals surface area contributed by atoms with Crippen molar-refractivity contribution in [3.8, 4) is 17.2 Å². The van der Waals surface area contributed by atoms with Crippen molar-refractivity contribution in [3.05, 3.63) is 84.3 Å². The Morgan fingerprint density at radius 3 is 2.63 bits per heavy atom. The van der Waals surface area contributed by atoms with Crippen LogP contribution < -0.4 is 10.1 Å². The second-order valence-corrected chi connectivity index (χ2v) is 6.45. The van der Waals surface area contributed by atoms with Gasteiger partial charge in [0.1, 0.15) is 12.0 Å². The van der Waals surface area contributed by atoms with Gasteiger partial charge in [0.25, 0.3) is 0 Å². The van der Waals surface area contributed by atoms with E-state index in [-0.39, 0.29) is 0 Å². The standard InChI is InChI=1S/C23H22N2O2/c1-26-20-11-9-17(10-12-20)13-14-24-15-19-16-27-23(25-19)22-8-4-6-18-5-2-3-7-21(18)22/h2-12,16,24H,13-15H2,1H3. The Morgan fingerprint density at radius 2 is 1.78 bits per heavy atom. The van der Waals surface area contributed by atoms with Crippen LogP contribution in [-0.4, -0.2) is 18.6 Å². The Morgan fingerprint density at radius 1 is 0.963 bits per heavy atom. The molecule has 1 N–H and O–H groups in total. The van der Waals surface area contributed by atoms with Gasteiger partial charge in [0.15, 0.2) is 0 Å². The number of hydrogen-bond donors (Lipinski definition) is 1. The van der Waals surface area contributed by atoms with Gasteiger partial charge in [-0.2, -0.15) is 0 Å². The molecule has 4 rings (SSSR count). The van der Waals surface area contributed by atoms with E-state index in [9.17, 15) is 0 Å². The fourth-order valence-corrected chi connectivity index (χ4v) is 3.17. The molecule has 0 atom stereocenters. The highest BCUT2D eigenvalue weighted by Gasteiger charge is 2.09. The molecule has 0 saturated carbocycles. The predicted molar refractivity (Wildman–Crippen MR) is 108 cm³/mol. The zero-order chi connectivity index (χ0) is 18.5. The van der Waals surface area contributed by atoms with E-state index in [0.29, 0.717) is 12.4 Å². The average molecular weight is 358 g/mol. The summed E-state index contributed by atoms with van der Waals surface area (Å²) in [6.45, 7) is 1.56. The highest BCUT2D eigenvalue weighted by atomic mass is 16.5. The lowest BCUT2D eigenvalue weighted by molar-refractivity contribution is 0.414. The molecule has 27 heavy (non-hydrogen) atoms. The topological polar surface area (TPSA) is 47.3 Å². The molecule has 0 aliphatic carbocycles. The van der Waals surface area contributed by atoms with E-state index in [1.54, 1.807) is 13.4 Å². The van der Waals surface area contributed by atoms with Crippen LogP contribution in [0.3, 0.4) is 0 Å². The fourth-order valence-electron chi connectivity index (χ4n) is 3.17. The molecule has 0 radical (unpaired) electrons. The summed E-state index contributed by atoms with van der Waals surface area (Å²) < 4.78 is 10.9. The lowest BCUT2D eigenvalue weighted by atomic mass is 10.0. The van der Waals surface area contributed by atoms with Gasteiger partial charge >= 0.3 is 0 Å². The van der Waals surface area contributed by atoms with Crippen LogP contribution >= 0.6 is 0 Å². The van der Waals surface area contributed by atoms with Gasteiger partial charge in [0.2, 0.25) is 5.89 Å². The molecule has 0 amide bonds. The third-order valence-corrected chi connectivity index (χ3v) is 4.63. The van der Waals surface area contributed by atoms with Crippen LogP contribution in [0.4, 0.5) is 0 Å². The van der Waals surface area contributed by atoms with Crippen molar-refractivity contribution in [1.82, 2.24) is 10.3 Å². The van der Waals surface area contributed by atoms with Crippen molar-refractivity contribution >= 4 is 10.8 Å². The minimum absolute atomic E-state index is 0.666. The highest BCUT2D eigenvalue weighted by Crippen LogP contribution is 2.27. The van der Waals surface area contributed by atoms with Gasteiger partial charge in [-0.3, -0.25) is 0 Å². The summed E-state index contributed by atoms with van der Waals surface area (Å²) >= 11 is 0. The molecule has 0 aliphatic heterocycles. The summed E-state index contributed by atoms with van der Waals surface area (Å²) in [6.07, 6.45) is 2.69. The molecule has 0 fully saturated rings. The van der Waals surface area contributed by atoms with Gasteiger partial charge in [0, 0.05) is 12.1 Å². The minimum Gasteiger partial charge on any atom is -0.497 e. The van der Waals surface area contributed by atoms with E-state index in [0.717, 1.165) is 35.4 Å². The molecule has 136 valence electrons. The van der Waals surface area contributed by atoms with Gasteiger partial charge < -0.3 is 14.5 Å². The summed E-state index contributed by atoms with van der Waals surface area (Å²) in [4.78, 5) is 4.65. The summed E-state index contributed by atoms with van der Waals surface area (Å²) in [5.41, 5.74) is 3.21. The van der Waals surface area contributed by atoms with Crippen molar-refractivity contribution in [1.29, 1.82) is 0 Å². The molecule has 4 nitrogen and oxygen atoms in total. The van der Waals surface area contributed by atoms with Gasteiger partial charge in [-0.15, -0.1) is 0 Å². The number of benzene rings is 3. The largest absolute Gasteiger partial charge is 0.497 e. The zero-order valence-electron chi connectivity index (χ0n) is 15.3. The number of rotatable bonds is 7. The molecule has 0 spiro atoms. The second-order valence-electron chi connectivity index (χ2n) is 6.45. The average Bonchev–Trinajstić information content (AvgIpc) is 3.20. The normalized spacial score (nSPS) is 11.0. The maximum Gasteiger partial charge on any atom is 0.226 e. The first kappa shape index (κ1) is 17.3. The summed E-state index contributed by atoms with van der Waals surface area (Å²) in [7, 11) is 1.68. The van der Waals surface area contributed by atoms with Crippen LogP contribution in [0, 0.1) is 0 Å². The minimum atomic E-state index is 0.666.